The number of aryl methyl sites for hydroxylation is 1. The van der Waals surface area contributed by atoms with Gasteiger partial charge in [-0.1, -0.05) is 61.5 Å². The Labute approximate surface area is 109 Å². The van der Waals surface area contributed by atoms with E-state index in [4.69, 9.17) is 0 Å². The van der Waals surface area contributed by atoms with E-state index >= 15 is 0 Å². The quantitative estimate of drug-likeness (QED) is 0.847. The highest BCUT2D eigenvalue weighted by atomic mass is 16.3. The van der Waals surface area contributed by atoms with Crippen molar-refractivity contribution in [3.8, 4) is 0 Å². The fraction of sp³-hybridized carbons (Fsp3) is 0.294. The number of rotatable bonds is 5. The van der Waals surface area contributed by atoms with Gasteiger partial charge < -0.3 is 5.11 Å². The van der Waals surface area contributed by atoms with Crippen LogP contribution in [0.25, 0.3) is 0 Å². The first-order valence-corrected chi connectivity index (χ1v) is 6.57. The zero-order valence-corrected chi connectivity index (χ0v) is 10.8. The fourth-order valence-electron chi connectivity index (χ4n) is 2.21. The van der Waals surface area contributed by atoms with Crippen molar-refractivity contribution in [3.63, 3.8) is 0 Å². The maximum Gasteiger partial charge on any atom is 0.0502 e. The molecule has 0 aromatic heterocycles. The van der Waals surface area contributed by atoms with Gasteiger partial charge in [0.05, 0.1) is 6.61 Å². The molecular formula is C17H20O. The summed E-state index contributed by atoms with van der Waals surface area (Å²) in [6.45, 7) is 2.36. The molecule has 18 heavy (non-hydrogen) atoms. The summed E-state index contributed by atoms with van der Waals surface area (Å²) >= 11 is 0. The lowest BCUT2D eigenvalue weighted by Crippen LogP contribution is -2.07. The molecule has 1 atom stereocenters. The molecule has 0 saturated carbocycles. The smallest absolute Gasteiger partial charge is 0.0502 e. The Hall–Kier alpha value is -1.60. The molecule has 0 bridgehead atoms. The fourth-order valence-corrected chi connectivity index (χ4v) is 2.21. The minimum Gasteiger partial charge on any atom is -0.396 e. The molecule has 0 aliphatic heterocycles. The van der Waals surface area contributed by atoms with E-state index in [1.807, 2.05) is 18.2 Å². The van der Waals surface area contributed by atoms with Gasteiger partial charge in [-0.05, 0) is 29.5 Å². The van der Waals surface area contributed by atoms with Crippen LogP contribution in [-0.2, 0) is 12.8 Å². The van der Waals surface area contributed by atoms with Crippen molar-refractivity contribution in [3.05, 3.63) is 71.3 Å². The second kappa shape index (κ2) is 6.36. The van der Waals surface area contributed by atoms with Crippen LogP contribution in [0.15, 0.2) is 54.6 Å². The third-order valence-corrected chi connectivity index (χ3v) is 3.40. The van der Waals surface area contributed by atoms with E-state index in [2.05, 4.69) is 43.3 Å². The van der Waals surface area contributed by atoms with Crippen molar-refractivity contribution in [2.45, 2.75) is 25.7 Å². The Balaban J connectivity index is 2.10. The van der Waals surface area contributed by atoms with E-state index in [1.54, 1.807) is 0 Å². The molecule has 1 heteroatoms. The van der Waals surface area contributed by atoms with Crippen molar-refractivity contribution in [1.29, 1.82) is 0 Å². The average Bonchev–Trinajstić information content (AvgIpc) is 2.46. The highest BCUT2D eigenvalue weighted by molar-refractivity contribution is 5.27. The first-order chi connectivity index (χ1) is 8.83. The molecule has 0 spiro atoms. The first kappa shape index (κ1) is 12.8. The minimum absolute atomic E-state index is 0.193. The van der Waals surface area contributed by atoms with Crippen LogP contribution < -0.4 is 0 Å². The van der Waals surface area contributed by atoms with Crippen LogP contribution in [0.1, 0.15) is 29.5 Å². The molecular weight excluding hydrogens is 220 g/mol. The molecule has 0 aliphatic carbocycles. The largest absolute Gasteiger partial charge is 0.396 e. The van der Waals surface area contributed by atoms with Crippen LogP contribution in [0, 0.1) is 0 Å². The Morgan fingerprint density at radius 3 is 2.06 bits per heavy atom. The second-order valence-corrected chi connectivity index (χ2v) is 4.66. The van der Waals surface area contributed by atoms with Gasteiger partial charge in [-0.2, -0.15) is 0 Å². The predicted octanol–water partition coefficient (Wildman–Crippen LogP) is 3.57. The molecule has 2 aromatic carbocycles. The van der Waals surface area contributed by atoms with Crippen LogP contribution in [0.5, 0.6) is 0 Å². The Morgan fingerprint density at radius 2 is 1.50 bits per heavy atom. The highest BCUT2D eigenvalue weighted by Crippen LogP contribution is 2.20. The van der Waals surface area contributed by atoms with Gasteiger partial charge in [-0.25, -0.2) is 0 Å². The highest BCUT2D eigenvalue weighted by Gasteiger charge is 2.10. The Bertz CT molecular complexity index is 459. The van der Waals surface area contributed by atoms with Gasteiger partial charge in [0.1, 0.15) is 0 Å². The standard InChI is InChI=1S/C17H20O/c1-2-14-8-10-15(11-9-14)12-17(13-18)16-6-4-3-5-7-16/h3-11,17-18H,2,12-13H2,1H3. The summed E-state index contributed by atoms with van der Waals surface area (Å²) in [6, 6.07) is 18.9. The van der Waals surface area contributed by atoms with Crippen molar-refractivity contribution in [2.75, 3.05) is 6.61 Å². The van der Waals surface area contributed by atoms with E-state index in [0.717, 1.165) is 12.8 Å². The molecule has 0 radical (unpaired) electrons. The van der Waals surface area contributed by atoms with Crippen LogP contribution in [0.4, 0.5) is 0 Å². The summed E-state index contributed by atoms with van der Waals surface area (Å²) in [5.41, 5.74) is 3.86. The van der Waals surface area contributed by atoms with Gasteiger partial charge in [-0.3, -0.25) is 0 Å². The number of benzene rings is 2. The van der Waals surface area contributed by atoms with Gasteiger partial charge >= 0.3 is 0 Å². The normalized spacial score (nSPS) is 12.3. The predicted molar refractivity (Wildman–Crippen MR) is 75.8 cm³/mol. The van der Waals surface area contributed by atoms with Crippen LogP contribution in [0.2, 0.25) is 0 Å². The van der Waals surface area contributed by atoms with Gasteiger partial charge in [0.25, 0.3) is 0 Å². The summed E-state index contributed by atoms with van der Waals surface area (Å²) in [7, 11) is 0. The number of aliphatic hydroxyl groups excluding tert-OH is 1. The van der Waals surface area contributed by atoms with Crippen molar-refractivity contribution >= 4 is 0 Å². The van der Waals surface area contributed by atoms with Crippen molar-refractivity contribution in [1.82, 2.24) is 0 Å². The molecule has 0 amide bonds. The topological polar surface area (TPSA) is 20.2 Å². The van der Waals surface area contributed by atoms with E-state index < -0.39 is 0 Å². The maximum absolute atomic E-state index is 9.54. The molecule has 0 saturated heterocycles. The molecule has 1 unspecified atom stereocenters. The lowest BCUT2D eigenvalue weighted by atomic mass is 9.92. The lowest BCUT2D eigenvalue weighted by Gasteiger charge is -2.14. The zero-order valence-electron chi connectivity index (χ0n) is 10.8. The molecule has 0 aliphatic rings. The summed E-state index contributed by atoms with van der Waals surface area (Å²) in [5.74, 6) is 0.193. The lowest BCUT2D eigenvalue weighted by molar-refractivity contribution is 0.264. The molecule has 94 valence electrons. The molecule has 1 N–H and O–H groups in total. The summed E-state index contributed by atoms with van der Waals surface area (Å²) in [5, 5.41) is 9.54. The third kappa shape index (κ3) is 3.21. The monoisotopic (exact) mass is 240 g/mol. The molecule has 0 fully saturated rings. The average molecular weight is 240 g/mol. The van der Waals surface area contributed by atoms with E-state index in [1.165, 1.54) is 16.7 Å². The summed E-state index contributed by atoms with van der Waals surface area (Å²) < 4.78 is 0. The van der Waals surface area contributed by atoms with Crippen molar-refractivity contribution < 1.29 is 5.11 Å². The van der Waals surface area contributed by atoms with E-state index in [-0.39, 0.29) is 12.5 Å². The second-order valence-electron chi connectivity index (χ2n) is 4.66. The van der Waals surface area contributed by atoms with Crippen LogP contribution >= 0.6 is 0 Å². The van der Waals surface area contributed by atoms with Crippen LogP contribution in [0.3, 0.4) is 0 Å². The third-order valence-electron chi connectivity index (χ3n) is 3.40. The van der Waals surface area contributed by atoms with Crippen molar-refractivity contribution in [2.24, 2.45) is 0 Å². The molecule has 2 aromatic rings. The van der Waals surface area contributed by atoms with E-state index in [0.29, 0.717) is 0 Å². The SMILES string of the molecule is CCc1ccc(CC(CO)c2ccccc2)cc1. The van der Waals surface area contributed by atoms with Gasteiger partial charge in [0.2, 0.25) is 0 Å². The first-order valence-electron chi connectivity index (χ1n) is 6.57. The summed E-state index contributed by atoms with van der Waals surface area (Å²) in [6.07, 6.45) is 1.97. The Kier molecular flexibility index (Phi) is 4.54. The molecule has 2 rings (SSSR count). The molecule has 0 heterocycles. The van der Waals surface area contributed by atoms with Gasteiger partial charge in [0.15, 0.2) is 0 Å². The van der Waals surface area contributed by atoms with E-state index in [9.17, 15) is 5.11 Å². The number of aliphatic hydroxyl groups is 1. The summed E-state index contributed by atoms with van der Waals surface area (Å²) in [4.78, 5) is 0. The number of hydrogen-bond acceptors (Lipinski definition) is 1. The minimum atomic E-state index is 0.193. The van der Waals surface area contributed by atoms with Gasteiger partial charge in [0, 0.05) is 5.92 Å². The van der Waals surface area contributed by atoms with Crippen LogP contribution in [-0.4, -0.2) is 11.7 Å². The van der Waals surface area contributed by atoms with Gasteiger partial charge in [-0.15, -0.1) is 0 Å². The number of hydrogen-bond donors (Lipinski definition) is 1. The molecule has 1 nitrogen and oxygen atoms in total. The Morgan fingerprint density at radius 1 is 0.889 bits per heavy atom. The maximum atomic E-state index is 9.54. The zero-order chi connectivity index (χ0) is 12.8.